The third kappa shape index (κ3) is 2.18. The maximum Gasteiger partial charge on any atom is 0.258 e. The highest BCUT2D eigenvalue weighted by Gasteiger charge is 2.27. The largest absolute Gasteiger partial charge is 0.496 e. The molecule has 1 fully saturated rings. The van der Waals surface area contributed by atoms with Crippen molar-refractivity contribution >= 4 is 19.2 Å². The normalized spacial score (nSPS) is 14.6. The molecule has 1 aromatic carbocycles. The van der Waals surface area contributed by atoms with Gasteiger partial charge in [-0.2, -0.15) is 0 Å². The van der Waals surface area contributed by atoms with E-state index in [1.54, 1.807) is 13.9 Å². The van der Waals surface area contributed by atoms with E-state index in [1.807, 2.05) is 0 Å². The zero-order valence-corrected chi connectivity index (χ0v) is 9.34. The standard InChI is InChI=1S/C11H13BFNO2/c1-16-9-5-6(12)4-8(13)10(9)11(15)14-7-2-3-7/h4-5,7H,2-3,12H2,1H3,(H,14,15). The van der Waals surface area contributed by atoms with Crippen LogP contribution in [0, 0.1) is 5.82 Å². The summed E-state index contributed by atoms with van der Waals surface area (Å²) in [5.74, 6) is -0.637. The number of carbonyl (C=O) groups is 1. The van der Waals surface area contributed by atoms with E-state index in [1.165, 1.54) is 13.2 Å². The predicted molar refractivity (Wildman–Crippen MR) is 61.6 cm³/mol. The molecule has 0 radical (unpaired) electrons. The quantitative estimate of drug-likeness (QED) is 0.728. The van der Waals surface area contributed by atoms with Gasteiger partial charge in [0.15, 0.2) is 0 Å². The van der Waals surface area contributed by atoms with Crippen molar-refractivity contribution in [2.75, 3.05) is 7.11 Å². The highest BCUT2D eigenvalue weighted by atomic mass is 19.1. The Kier molecular flexibility index (Phi) is 2.85. The second kappa shape index (κ2) is 4.16. The van der Waals surface area contributed by atoms with E-state index >= 15 is 0 Å². The monoisotopic (exact) mass is 221 g/mol. The molecule has 0 unspecified atom stereocenters. The number of hydrogen-bond acceptors (Lipinski definition) is 2. The van der Waals surface area contributed by atoms with Crippen LogP contribution in [0.3, 0.4) is 0 Å². The average molecular weight is 221 g/mol. The molecule has 0 aromatic heterocycles. The van der Waals surface area contributed by atoms with Crippen molar-refractivity contribution in [2.24, 2.45) is 0 Å². The van der Waals surface area contributed by atoms with Gasteiger partial charge in [-0.3, -0.25) is 4.79 Å². The lowest BCUT2D eigenvalue weighted by Crippen LogP contribution is -2.27. The molecule has 1 N–H and O–H groups in total. The molecule has 0 spiro atoms. The fourth-order valence-electron chi connectivity index (χ4n) is 1.58. The molecular weight excluding hydrogens is 208 g/mol. The summed E-state index contributed by atoms with van der Waals surface area (Å²) in [6.45, 7) is 0. The Balaban J connectivity index is 2.32. The van der Waals surface area contributed by atoms with Gasteiger partial charge in [-0.25, -0.2) is 4.39 Å². The number of ether oxygens (including phenoxy) is 1. The van der Waals surface area contributed by atoms with Gasteiger partial charge in [0.25, 0.3) is 5.91 Å². The van der Waals surface area contributed by atoms with Crippen LogP contribution in [0.5, 0.6) is 5.75 Å². The Hall–Kier alpha value is -1.52. The van der Waals surface area contributed by atoms with Crippen molar-refractivity contribution < 1.29 is 13.9 Å². The molecule has 1 aliphatic carbocycles. The number of rotatable bonds is 3. The van der Waals surface area contributed by atoms with E-state index in [9.17, 15) is 9.18 Å². The first kappa shape index (κ1) is 11.0. The maximum absolute atomic E-state index is 13.7. The Morgan fingerprint density at radius 2 is 2.25 bits per heavy atom. The van der Waals surface area contributed by atoms with Crippen LogP contribution in [0.25, 0.3) is 0 Å². The van der Waals surface area contributed by atoms with E-state index in [0.29, 0.717) is 0 Å². The van der Waals surface area contributed by atoms with Gasteiger partial charge in [0.05, 0.1) is 7.11 Å². The molecule has 0 saturated heterocycles. The second-order valence-electron chi connectivity index (χ2n) is 4.07. The van der Waals surface area contributed by atoms with Gasteiger partial charge in [0.1, 0.15) is 25.0 Å². The van der Waals surface area contributed by atoms with Gasteiger partial charge in [-0.1, -0.05) is 5.46 Å². The van der Waals surface area contributed by atoms with Crippen molar-refractivity contribution in [3.63, 3.8) is 0 Å². The Morgan fingerprint density at radius 3 is 2.81 bits per heavy atom. The van der Waals surface area contributed by atoms with Gasteiger partial charge in [-0.15, -0.1) is 0 Å². The number of hydrogen-bond donors (Lipinski definition) is 1. The molecule has 1 amide bonds. The molecule has 1 aromatic rings. The third-order valence-electron chi connectivity index (χ3n) is 2.56. The van der Waals surface area contributed by atoms with Crippen LogP contribution in [-0.4, -0.2) is 26.9 Å². The van der Waals surface area contributed by atoms with E-state index in [-0.39, 0.29) is 17.4 Å². The van der Waals surface area contributed by atoms with Crippen LogP contribution in [0.2, 0.25) is 0 Å². The van der Waals surface area contributed by atoms with Crippen LogP contribution in [-0.2, 0) is 0 Å². The summed E-state index contributed by atoms with van der Waals surface area (Å²) < 4.78 is 18.7. The summed E-state index contributed by atoms with van der Waals surface area (Å²) in [5, 5.41) is 2.75. The fourth-order valence-corrected chi connectivity index (χ4v) is 1.58. The van der Waals surface area contributed by atoms with Crippen molar-refractivity contribution in [1.29, 1.82) is 0 Å². The lowest BCUT2D eigenvalue weighted by atomic mass is 9.94. The Morgan fingerprint density at radius 1 is 1.56 bits per heavy atom. The van der Waals surface area contributed by atoms with Gasteiger partial charge in [-0.05, 0) is 25.0 Å². The summed E-state index contributed by atoms with van der Waals surface area (Å²) in [4.78, 5) is 11.8. The Bertz CT molecular complexity index is 432. The van der Waals surface area contributed by atoms with Gasteiger partial charge >= 0.3 is 0 Å². The minimum absolute atomic E-state index is 0. The van der Waals surface area contributed by atoms with E-state index in [2.05, 4.69) is 5.32 Å². The molecule has 84 valence electrons. The molecular formula is C11H13BFNO2. The number of nitrogens with one attached hydrogen (secondary N) is 1. The first-order valence-corrected chi connectivity index (χ1v) is 5.27. The van der Waals surface area contributed by atoms with Gasteiger partial charge in [0, 0.05) is 6.04 Å². The number of amides is 1. The van der Waals surface area contributed by atoms with Crippen molar-refractivity contribution in [3.05, 3.63) is 23.5 Å². The Labute approximate surface area is 94.4 Å². The highest BCUT2D eigenvalue weighted by Crippen LogP contribution is 2.23. The molecule has 1 saturated carbocycles. The third-order valence-corrected chi connectivity index (χ3v) is 2.56. The van der Waals surface area contributed by atoms with Crippen molar-refractivity contribution in [1.82, 2.24) is 5.32 Å². The molecule has 3 nitrogen and oxygen atoms in total. The average Bonchev–Trinajstić information content (AvgIpc) is 2.99. The van der Waals surface area contributed by atoms with Gasteiger partial charge < -0.3 is 10.1 Å². The number of methoxy groups -OCH3 is 1. The topological polar surface area (TPSA) is 38.3 Å². The molecule has 2 rings (SSSR count). The maximum atomic E-state index is 13.7. The fraction of sp³-hybridized carbons (Fsp3) is 0.364. The molecule has 0 heterocycles. The first-order chi connectivity index (χ1) is 7.61. The number of carbonyl (C=O) groups excluding carboxylic acids is 1. The summed E-state index contributed by atoms with van der Waals surface area (Å²) in [6, 6.07) is 3.20. The lowest BCUT2D eigenvalue weighted by molar-refractivity contribution is 0.0944. The number of halogens is 1. The predicted octanol–water partition coefficient (Wildman–Crippen LogP) is -0.0151. The summed E-state index contributed by atoms with van der Waals surface area (Å²) in [5.41, 5.74) is 0.734. The minimum Gasteiger partial charge on any atom is -0.496 e. The van der Waals surface area contributed by atoms with E-state index in [4.69, 9.17) is 4.74 Å². The van der Waals surface area contributed by atoms with Crippen LogP contribution in [0.4, 0.5) is 4.39 Å². The second-order valence-corrected chi connectivity index (χ2v) is 4.07. The van der Waals surface area contributed by atoms with Crippen molar-refractivity contribution in [2.45, 2.75) is 18.9 Å². The highest BCUT2D eigenvalue weighted by molar-refractivity contribution is 6.32. The molecule has 0 bridgehead atoms. The molecule has 1 aliphatic rings. The zero-order chi connectivity index (χ0) is 11.7. The summed E-state index contributed by atoms with van der Waals surface area (Å²) in [6.07, 6.45) is 1.95. The first-order valence-electron chi connectivity index (χ1n) is 5.27. The smallest absolute Gasteiger partial charge is 0.258 e. The lowest BCUT2D eigenvalue weighted by Gasteiger charge is -2.10. The van der Waals surface area contributed by atoms with Crippen LogP contribution < -0.4 is 15.5 Å². The number of benzene rings is 1. The minimum atomic E-state index is -0.532. The SMILES string of the molecule is Bc1cc(F)c(C(=O)NC2CC2)c(OC)c1. The zero-order valence-electron chi connectivity index (χ0n) is 9.34. The van der Waals surface area contributed by atoms with Crippen LogP contribution >= 0.6 is 0 Å². The molecule has 5 heteroatoms. The van der Waals surface area contributed by atoms with Crippen LogP contribution in [0.15, 0.2) is 12.1 Å². The van der Waals surface area contributed by atoms with Gasteiger partial charge in [0.2, 0.25) is 0 Å². The van der Waals surface area contributed by atoms with Crippen LogP contribution in [0.1, 0.15) is 23.2 Å². The summed E-state index contributed by atoms with van der Waals surface area (Å²) >= 11 is 0. The summed E-state index contributed by atoms with van der Waals surface area (Å²) in [7, 11) is 3.19. The van der Waals surface area contributed by atoms with E-state index in [0.717, 1.165) is 18.3 Å². The van der Waals surface area contributed by atoms with E-state index < -0.39 is 11.7 Å². The molecule has 0 aliphatic heterocycles. The molecule has 16 heavy (non-hydrogen) atoms. The molecule has 0 atom stereocenters. The van der Waals surface area contributed by atoms with Crippen molar-refractivity contribution in [3.8, 4) is 5.75 Å².